The molecular formula is C20H20N6S. The number of aromatic nitrogens is 3. The quantitative estimate of drug-likeness (QED) is 0.460. The number of hydrogen-bond donors (Lipinski definition) is 3. The van der Waals surface area contributed by atoms with Crippen LogP contribution in [0.25, 0.3) is 10.2 Å². The number of nitrogens with one attached hydrogen (secondary N) is 2. The number of aryl methyl sites for hydroxylation is 3. The first kappa shape index (κ1) is 17.2. The van der Waals surface area contributed by atoms with Gasteiger partial charge in [0.1, 0.15) is 12.0 Å². The van der Waals surface area contributed by atoms with Crippen molar-refractivity contribution in [1.82, 2.24) is 15.0 Å². The number of rotatable bonds is 4. The van der Waals surface area contributed by atoms with Gasteiger partial charge in [-0.2, -0.15) is 0 Å². The lowest BCUT2D eigenvalue weighted by Crippen LogP contribution is -2.05. The minimum Gasteiger partial charge on any atom is -0.393 e. The van der Waals surface area contributed by atoms with Gasteiger partial charge in [-0.1, -0.05) is 23.5 Å². The Kier molecular flexibility index (Phi) is 4.37. The lowest BCUT2D eigenvalue weighted by molar-refractivity contribution is 1.17. The smallest absolute Gasteiger partial charge is 0.189 e. The van der Waals surface area contributed by atoms with Crippen molar-refractivity contribution in [3.05, 3.63) is 59.4 Å². The van der Waals surface area contributed by atoms with Gasteiger partial charge in [0.05, 0.1) is 10.2 Å². The maximum absolute atomic E-state index is 6.29. The molecule has 4 N–H and O–H groups in total. The van der Waals surface area contributed by atoms with E-state index in [1.54, 1.807) is 11.3 Å². The minimum absolute atomic E-state index is 0.450. The molecule has 136 valence electrons. The molecule has 0 saturated carbocycles. The third-order valence-electron chi connectivity index (χ3n) is 4.42. The number of fused-ring (bicyclic) bond motifs is 1. The fraction of sp³-hybridized carbons (Fsp3) is 0.150. The molecule has 6 nitrogen and oxygen atoms in total. The average molecular weight is 376 g/mol. The molecule has 0 unspecified atom stereocenters. The Labute approximate surface area is 161 Å². The summed E-state index contributed by atoms with van der Waals surface area (Å²) in [7, 11) is 0. The monoisotopic (exact) mass is 376 g/mol. The summed E-state index contributed by atoms with van der Waals surface area (Å²) in [4.78, 5) is 13.1. The van der Waals surface area contributed by atoms with Gasteiger partial charge in [-0.25, -0.2) is 15.0 Å². The number of nitrogens with two attached hydrogens (primary N) is 1. The number of nitrogens with zero attached hydrogens (tertiary/aromatic N) is 3. The Morgan fingerprint density at radius 3 is 2.44 bits per heavy atom. The maximum atomic E-state index is 6.29. The van der Waals surface area contributed by atoms with Gasteiger partial charge in [-0.3, -0.25) is 0 Å². The standard InChI is InChI=1S/C20H20N6S/c1-11-4-7-15-16(8-11)27-20(25-15)26-19-17(21)18(22-10-23-19)24-14-6-5-12(2)13(3)9-14/h4-10H,21H2,1-3H3,(H2,22,23,24,25,26). The summed E-state index contributed by atoms with van der Waals surface area (Å²) in [5, 5.41) is 7.23. The summed E-state index contributed by atoms with van der Waals surface area (Å²) in [5.41, 5.74) is 12.3. The van der Waals surface area contributed by atoms with E-state index in [1.807, 2.05) is 12.1 Å². The molecule has 0 fully saturated rings. The Balaban J connectivity index is 1.61. The zero-order valence-corrected chi connectivity index (χ0v) is 16.2. The first-order chi connectivity index (χ1) is 13.0. The number of anilines is 5. The average Bonchev–Trinajstić information content (AvgIpc) is 3.03. The fourth-order valence-electron chi connectivity index (χ4n) is 2.74. The van der Waals surface area contributed by atoms with Crippen LogP contribution in [-0.4, -0.2) is 15.0 Å². The van der Waals surface area contributed by atoms with Crippen molar-refractivity contribution in [1.29, 1.82) is 0 Å². The van der Waals surface area contributed by atoms with E-state index in [9.17, 15) is 0 Å². The molecule has 0 saturated heterocycles. The summed E-state index contributed by atoms with van der Waals surface area (Å²) < 4.78 is 1.12. The van der Waals surface area contributed by atoms with Crippen LogP contribution in [0.2, 0.25) is 0 Å². The van der Waals surface area contributed by atoms with Gasteiger partial charge >= 0.3 is 0 Å². The normalized spacial score (nSPS) is 10.9. The van der Waals surface area contributed by atoms with Crippen molar-refractivity contribution in [2.45, 2.75) is 20.8 Å². The van der Waals surface area contributed by atoms with Gasteiger partial charge < -0.3 is 16.4 Å². The molecule has 0 radical (unpaired) electrons. The van der Waals surface area contributed by atoms with Crippen LogP contribution < -0.4 is 16.4 Å². The lowest BCUT2D eigenvalue weighted by Gasteiger charge is -2.12. The molecule has 4 aromatic rings. The number of thiazole rings is 1. The molecule has 0 bridgehead atoms. The van der Waals surface area contributed by atoms with Gasteiger partial charge in [0, 0.05) is 5.69 Å². The molecule has 27 heavy (non-hydrogen) atoms. The molecule has 0 atom stereocenters. The highest BCUT2D eigenvalue weighted by Gasteiger charge is 2.11. The summed E-state index contributed by atoms with van der Waals surface area (Å²) in [6.07, 6.45) is 1.49. The Hall–Kier alpha value is -3.19. The SMILES string of the molecule is Cc1ccc2nc(Nc3ncnc(Nc4ccc(C)c(C)c4)c3N)sc2c1. The van der Waals surface area contributed by atoms with Crippen LogP contribution in [0.1, 0.15) is 16.7 Å². The zero-order chi connectivity index (χ0) is 19.0. The molecule has 0 spiro atoms. The van der Waals surface area contributed by atoms with E-state index in [2.05, 4.69) is 70.6 Å². The van der Waals surface area contributed by atoms with Gasteiger partial charge in [0.15, 0.2) is 16.8 Å². The molecule has 7 heteroatoms. The maximum Gasteiger partial charge on any atom is 0.189 e. The molecule has 0 aliphatic heterocycles. The number of benzene rings is 2. The third kappa shape index (κ3) is 3.54. The molecule has 4 rings (SSSR count). The highest BCUT2D eigenvalue weighted by atomic mass is 32.1. The Morgan fingerprint density at radius 1 is 0.889 bits per heavy atom. The Morgan fingerprint density at radius 2 is 1.67 bits per heavy atom. The fourth-order valence-corrected chi connectivity index (χ4v) is 3.70. The van der Waals surface area contributed by atoms with Crippen molar-refractivity contribution >= 4 is 49.7 Å². The van der Waals surface area contributed by atoms with Crippen LogP contribution >= 0.6 is 11.3 Å². The van der Waals surface area contributed by atoms with Crippen LogP contribution in [0, 0.1) is 20.8 Å². The Bertz CT molecular complexity index is 1130. The first-order valence-electron chi connectivity index (χ1n) is 8.58. The second kappa shape index (κ2) is 6.85. The summed E-state index contributed by atoms with van der Waals surface area (Å²) >= 11 is 1.57. The van der Waals surface area contributed by atoms with Gasteiger partial charge in [-0.05, 0) is 61.7 Å². The van der Waals surface area contributed by atoms with E-state index in [0.717, 1.165) is 21.0 Å². The van der Waals surface area contributed by atoms with Crippen molar-refractivity contribution in [2.24, 2.45) is 0 Å². The van der Waals surface area contributed by atoms with E-state index in [4.69, 9.17) is 5.73 Å². The summed E-state index contributed by atoms with van der Waals surface area (Å²) in [6.45, 7) is 6.23. The van der Waals surface area contributed by atoms with E-state index >= 15 is 0 Å². The van der Waals surface area contributed by atoms with E-state index in [1.165, 1.54) is 23.0 Å². The molecule has 0 aliphatic carbocycles. The van der Waals surface area contributed by atoms with Crippen LogP contribution in [0.4, 0.5) is 28.1 Å². The lowest BCUT2D eigenvalue weighted by atomic mass is 10.1. The molecule has 2 aromatic carbocycles. The highest BCUT2D eigenvalue weighted by Crippen LogP contribution is 2.32. The molecule has 0 amide bonds. The topological polar surface area (TPSA) is 88.8 Å². The first-order valence-corrected chi connectivity index (χ1v) is 9.40. The second-order valence-corrected chi connectivity index (χ2v) is 7.55. The van der Waals surface area contributed by atoms with Gasteiger partial charge in [-0.15, -0.1) is 0 Å². The third-order valence-corrected chi connectivity index (χ3v) is 5.36. The zero-order valence-electron chi connectivity index (χ0n) is 15.4. The van der Waals surface area contributed by atoms with Crippen molar-refractivity contribution in [3.63, 3.8) is 0 Å². The number of hydrogen-bond acceptors (Lipinski definition) is 7. The number of nitrogen functional groups attached to an aromatic ring is 1. The molecule has 2 heterocycles. The molecule has 2 aromatic heterocycles. The van der Waals surface area contributed by atoms with Crippen molar-refractivity contribution < 1.29 is 0 Å². The largest absolute Gasteiger partial charge is 0.393 e. The summed E-state index contributed by atoms with van der Waals surface area (Å²) in [6, 6.07) is 12.3. The predicted molar refractivity (Wildman–Crippen MR) is 113 cm³/mol. The minimum atomic E-state index is 0.450. The van der Waals surface area contributed by atoms with E-state index in [-0.39, 0.29) is 0 Å². The van der Waals surface area contributed by atoms with Gasteiger partial charge in [0.25, 0.3) is 0 Å². The van der Waals surface area contributed by atoms with Crippen molar-refractivity contribution in [3.8, 4) is 0 Å². The van der Waals surface area contributed by atoms with Crippen LogP contribution in [0.15, 0.2) is 42.7 Å². The molecular weight excluding hydrogens is 356 g/mol. The molecule has 0 aliphatic rings. The van der Waals surface area contributed by atoms with E-state index < -0.39 is 0 Å². The van der Waals surface area contributed by atoms with E-state index in [0.29, 0.717) is 17.3 Å². The highest BCUT2D eigenvalue weighted by molar-refractivity contribution is 7.22. The van der Waals surface area contributed by atoms with Crippen molar-refractivity contribution in [2.75, 3.05) is 16.4 Å². The summed E-state index contributed by atoms with van der Waals surface area (Å²) in [5.74, 6) is 1.10. The predicted octanol–water partition coefficient (Wildman–Crippen LogP) is 5.08. The van der Waals surface area contributed by atoms with Crippen LogP contribution in [0.3, 0.4) is 0 Å². The van der Waals surface area contributed by atoms with Crippen LogP contribution in [-0.2, 0) is 0 Å². The van der Waals surface area contributed by atoms with Gasteiger partial charge in [0.2, 0.25) is 0 Å². The second-order valence-electron chi connectivity index (χ2n) is 6.52. The van der Waals surface area contributed by atoms with Crippen LogP contribution in [0.5, 0.6) is 0 Å².